The first-order valence-electron chi connectivity index (χ1n) is 8.55. The third-order valence-corrected chi connectivity index (χ3v) is 6.54. The van der Waals surface area contributed by atoms with E-state index in [2.05, 4.69) is 50.3 Å². The van der Waals surface area contributed by atoms with Crippen LogP contribution in [0.15, 0.2) is 50.7 Å². The van der Waals surface area contributed by atoms with E-state index in [-0.39, 0.29) is 5.56 Å². The molecule has 2 aromatic carbocycles. The van der Waals surface area contributed by atoms with Crippen molar-refractivity contribution in [2.24, 2.45) is 0 Å². The van der Waals surface area contributed by atoms with Crippen LogP contribution in [0, 0.1) is 13.8 Å². The second-order valence-electron chi connectivity index (χ2n) is 6.48. The molecule has 0 radical (unpaired) electrons. The van der Waals surface area contributed by atoms with Gasteiger partial charge >= 0.3 is 0 Å². The van der Waals surface area contributed by atoms with Crippen LogP contribution < -0.4 is 14.8 Å². The number of ether oxygens (including phenoxy) is 1. The Labute approximate surface area is 182 Å². The highest BCUT2D eigenvalue weighted by atomic mass is 79.9. The molecule has 4 rings (SSSR count). The summed E-state index contributed by atoms with van der Waals surface area (Å²) in [4.78, 5) is 18.5. The van der Waals surface area contributed by atoms with Crippen molar-refractivity contribution in [3.05, 3.63) is 77.4 Å². The van der Waals surface area contributed by atoms with Crippen molar-refractivity contribution in [3.8, 4) is 5.75 Å². The Bertz CT molecular complexity index is 1350. The molecule has 0 atom stereocenters. The summed E-state index contributed by atoms with van der Waals surface area (Å²) in [6.07, 6.45) is 3.54. The van der Waals surface area contributed by atoms with E-state index in [1.807, 2.05) is 37.3 Å². The zero-order valence-corrected chi connectivity index (χ0v) is 19.2. The summed E-state index contributed by atoms with van der Waals surface area (Å²) in [6.45, 7) is 8.17. The van der Waals surface area contributed by atoms with Crippen molar-refractivity contribution < 1.29 is 4.74 Å². The lowest BCUT2D eigenvalue weighted by Crippen LogP contribution is -2.22. The summed E-state index contributed by atoms with van der Waals surface area (Å²) in [5.74, 6) is 0.671. The van der Waals surface area contributed by atoms with Crippen LogP contribution in [-0.4, -0.2) is 16.0 Å². The summed E-state index contributed by atoms with van der Waals surface area (Å²) in [6, 6.07) is 7.89. The van der Waals surface area contributed by atoms with Crippen molar-refractivity contribution in [2.75, 3.05) is 6.61 Å². The first-order chi connectivity index (χ1) is 13.4. The molecule has 4 nitrogen and oxygen atoms in total. The lowest BCUT2D eigenvalue weighted by Gasteiger charge is -2.10. The highest BCUT2D eigenvalue weighted by Gasteiger charge is 2.14. The number of imidazole rings is 1. The molecule has 2 aromatic heterocycles. The van der Waals surface area contributed by atoms with Crippen LogP contribution in [0.2, 0.25) is 0 Å². The van der Waals surface area contributed by atoms with Crippen LogP contribution in [-0.2, 0) is 0 Å². The van der Waals surface area contributed by atoms with Crippen LogP contribution in [0.25, 0.3) is 22.1 Å². The van der Waals surface area contributed by atoms with Gasteiger partial charge in [-0.05, 0) is 71.2 Å². The lowest BCUT2D eigenvalue weighted by molar-refractivity contribution is 0.360. The molecule has 7 heteroatoms. The van der Waals surface area contributed by atoms with E-state index in [9.17, 15) is 4.79 Å². The summed E-state index contributed by atoms with van der Waals surface area (Å²) in [5.41, 5.74) is 4.73. The second kappa shape index (κ2) is 7.46. The summed E-state index contributed by atoms with van der Waals surface area (Å²) < 4.78 is 9.80. The third-order valence-electron chi connectivity index (χ3n) is 4.52. The molecule has 28 heavy (non-hydrogen) atoms. The number of hydrogen-bond donors (Lipinski definition) is 0. The fourth-order valence-corrected chi connectivity index (χ4v) is 5.39. The number of thiazole rings is 1. The first kappa shape index (κ1) is 19.4. The number of halogens is 2. The standard InChI is InChI=1S/C21H16Br2N2O2S/c1-4-5-27-19-13(8-14(22)10-15(19)23)9-18-20(26)25-17-7-12(3)11(2)6-16(17)24-21(25)28-18/h4,6-10H,1,5H2,2-3H3. The van der Waals surface area contributed by atoms with Crippen molar-refractivity contribution in [1.29, 1.82) is 0 Å². The average molecular weight is 520 g/mol. The van der Waals surface area contributed by atoms with Crippen molar-refractivity contribution in [3.63, 3.8) is 0 Å². The minimum atomic E-state index is -0.0727. The summed E-state index contributed by atoms with van der Waals surface area (Å²) in [5, 5.41) is 0. The molecule has 0 aliphatic rings. The molecule has 0 saturated carbocycles. The molecule has 0 amide bonds. The molecule has 0 fully saturated rings. The van der Waals surface area contributed by atoms with Gasteiger partial charge in [0.2, 0.25) is 0 Å². The monoisotopic (exact) mass is 518 g/mol. The number of rotatable bonds is 4. The molecule has 0 N–H and O–H groups in total. The fourth-order valence-electron chi connectivity index (χ4n) is 3.04. The Kier molecular flexibility index (Phi) is 5.16. The summed E-state index contributed by atoms with van der Waals surface area (Å²) >= 11 is 8.41. The predicted octanol–water partition coefficient (Wildman–Crippen LogP) is 5.16. The summed E-state index contributed by atoms with van der Waals surface area (Å²) in [7, 11) is 0. The molecule has 0 unspecified atom stereocenters. The van der Waals surface area contributed by atoms with Gasteiger partial charge in [0.1, 0.15) is 12.4 Å². The van der Waals surface area contributed by atoms with Gasteiger partial charge in [-0.25, -0.2) is 9.38 Å². The van der Waals surface area contributed by atoms with Gasteiger partial charge in [0.15, 0.2) is 4.96 Å². The average Bonchev–Trinajstić information content (AvgIpc) is 3.11. The Morgan fingerprint density at radius 1 is 1.21 bits per heavy atom. The quantitative estimate of drug-likeness (QED) is 0.349. The number of benzene rings is 2. The van der Waals surface area contributed by atoms with E-state index >= 15 is 0 Å². The van der Waals surface area contributed by atoms with Gasteiger partial charge in [-0.3, -0.25) is 4.79 Å². The van der Waals surface area contributed by atoms with Gasteiger partial charge in [-0.2, -0.15) is 0 Å². The maximum Gasteiger partial charge on any atom is 0.274 e. The van der Waals surface area contributed by atoms with E-state index in [0.29, 0.717) is 21.8 Å². The number of aryl methyl sites for hydroxylation is 2. The topological polar surface area (TPSA) is 43.6 Å². The van der Waals surface area contributed by atoms with E-state index in [0.717, 1.165) is 31.1 Å². The molecule has 0 bridgehead atoms. The lowest BCUT2D eigenvalue weighted by atomic mass is 10.1. The molecule has 142 valence electrons. The largest absolute Gasteiger partial charge is 0.488 e. The van der Waals surface area contributed by atoms with Crippen molar-refractivity contribution in [2.45, 2.75) is 13.8 Å². The smallest absolute Gasteiger partial charge is 0.274 e. The molecular formula is C21H16Br2N2O2S. The molecule has 2 heterocycles. The number of fused-ring (bicyclic) bond motifs is 3. The molecule has 0 aliphatic carbocycles. The number of nitrogens with zero attached hydrogens (tertiary/aromatic N) is 2. The zero-order valence-electron chi connectivity index (χ0n) is 15.3. The van der Waals surface area contributed by atoms with Gasteiger partial charge in [0.05, 0.1) is 20.0 Å². The SMILES string of the molecule is C=CCOc1c(Br)cc(Br)cc1C=c1sc2nc3cc(C)c(C)cc3n2c1=O. The van der Waals surface area contributed by atoms with E-state index in [1.54, 1.807) is 10.5 Å². The number of aromatic nitrogens is 2. The van der Waals surface area contributed by atoms with Crippen LogP contribution in [0.1, 0.15) is 16.7 Å². The van der Waals surface area contributed by atoms with Crippen molar-refractivity contribution >= 4 is 65.3 Å². The van der Waals surface area contributed by atoms with Crippen LogP contribution in [0.5, 0.6) is 5.75 Å². The van der Waals surface area contributed by atoms with Gasteiger partial charge < -0.3 is 4.74 Å². The zero-order chi connectivity index (χ0) is 20.0. The van der Waals surface area contributed by atoms with Gasteiger partial charge in [0.25, 0.3) is 5.56 Å². The molecule has 0 spiro atoms. The Balaban J connectivity index is 1.96. The Morgan fingerprint density at radius 3 is 2.71 bits per heavy atom. The maximum absolute atomic E-state index is 13.1. The Hall–Kier alpha value is -1.96. The molecule has 0 aliphatic heterocycles. The van der Waals surface area contributed by atoms with Crippen LogP contribution >= 0.6 is 43.2 Å². The van der Waals surface area contributed by atoms with Crippen LogP contribution in [0.3, 0.4) is 0 Å². The van der Waals surface area contributed by atoms with Gasteiger partial charge in [-0.15, -0.1) is 0 Å². The van der Waals surface area contributed by atoms with Gasteiger partial charge in [0, 0.05) is 10.0 Å². The van der Waals surface area contributed by atoms with E-state index < -0.39 is 0 Å². The highest BCUT2D eigenvalue weighted by Crippen LogP contribution is 2.33. The highest BCUT2D eigenvalue weighted by molar-refractivity contribution is 9.11. The normalized spacial score (nSPS) is 12.2. The predicted molar refractivity (Wildman–Crippen MR) is 123 cm³/mol. The first-order valence-corrected chi connectivity index (χ1v) is 11.0. The second-order valence-corrected chi connectivity index (χ2v) is 9.26. The van der Waals surface area contributed by atoms with Gasteiger partial charge in [-0.1, -0.05) is 39.9 Å². The van der Waals surface area contributed by atoms with Crippen molar-refractivity contribution in [1.82, 2.24) is 9.38 Å². The third kappa shape index (κ3) is 3.32. The minimum Gasteiger partial charge on any atom is -0.488 e. The molecule has 4 aromatic rings. The van der Waals surface area contributed by atoms with E-state index in [1.165, 1.54) is 16.9 Å². The van der Waals surface area contributed by atoms with E-state index in [4.69, 9.17) is 4.74 Å². The number of hydrogen-bond acceptors (Lipinski definition) is 4. The van der Waals surface area contributed by atoms with Crippen LogP contribution in [0.4, 0.5) is 0 Å². The fraction of sp³-hybridized carbons (Fsp3) is 0.143. The maximum atomic E-state index is 13.1. The molecular weight excluding hydrogens is 504 g/mol. The minimum absolute atomic E-state index is 0.0727. The molecule has 0 saturated heterocycles. The Morgan fingerprint density at radius 2 is 1.96 bits per heavy atom.